The molecule has 0 saturated heterocycles. The van der Waals surface area contributed by atoms with Gasteiger partial charge in [-0.3, -0.25) is 4.79 Å². The van der Waals surface area contributed by atoms with E-state index in [1.54, 1.807) is 0 Å². The van der Waals surface area contributed by atoms with Gasteiger partial charge in [0, 0.05) is 0 Å². The first kappa shape index (κ1) is 14.4. The monoisotopic (exact) mass is 217 g/mol. The van der Waals surface area contributed by atoms with Crippen LogP contribution in [0.25, 0.3) is 0 Å². The van der Waals surface area contributed by atoms with Gasteiger partial charge in [-0.1, -0.05) is 39.0 Å². The molecule has 15 heavy (non-hydrogen) atoms. The van der Waals surface area contributed by atoms with Crippen LogP contribution in [0.4, 0.5) is 0 Å². The Morgan fingerprint density at radius 2 is 1.80 bits per heavy atom. The summed E-state index contributed by atoms with van der Waals surface area (Å²) in [6.45, 7) is 2.51. The van der Waals surface area contributed by atoms with Crippen molar-refractivity contribution in [1.82, 2.24) is 5.32 Å². The maximum Gasteiger partial charge on any atom is 0.323 e. The Hall–Kier alpha value is -0.610. The highest BCUT2D eigenvalue weighted by atomic mass is 16.4. The van der Waals surface area contributed by atoms with Crippen LogP contribution in [0.1, 0.15) is 45.4 Å². The zero-order valence-corrected chi connectivity index (χ0v) is 9.54. The molecule has 0 saturated carbocycles. The Morgan fingerprint density at radius 1 is 1.20 bits per heavy atom. The molecule has 0 aliphatic carbocycles. The average Bonchev–Trinajstić information content (AvgIpc) is 2.21. The Morgan fingerprint density at radius 3 is 2.33 bits per heavy atom. The lowest BCUT2D eigenvalue weighted by Crippen LogP contribution is -2.40. The Kier molecular flexibility index (Phi) is 9.52. The molecule has 0 amide bonds. The fraction of sp³-hybridized carbons (Fsp3) is 0.909. The summed E-state index contributed by atoms with van der Waals surface area (Å²) < 4.78 is 0. The van der Waals surface area contributed by atoms with Gasteiger partial charge in [0.25, 0.3) is 0 Å². The number of unbranched alkanes of at least 4 members (excludes halogenated alkanes) is 5. The summed E-state index contributed by atoms with van der Waals surface area (Å²) in [5.74, 6) is -0.983. The maximum absolute atomic E-state index is 10.5. The lowest BCUT2D eigenvalue weighted by Gasteiger charge is -2.10. The highest BCUT2D eigenvalue weighted by molar-refractivity contribution is 5.73. The SMILES string of the molecule is CCCCCCCCN[C@@H](CO)C(=O)O. The third-order valence-electron chi connectivity index (χ3n) is 2.40. The lowest BCUT2D eigenvalue weighted by atomic mass is 10.1. The van der Waals surface area contributed by atoms with Crippen molar-refractivity contribution in [2.24, 2.45) is 0 Å². The Bertz CT molecular complexity index is 162. The van der Waals surface area contributed by atoms with Crippen molar-refractivity contribution >= 4 is 5.97 Å². The van der Waals surface area contributed by atoms with Gasteiger partial charge >= 0.3 is 5.97 Å². The van der Waals surface area contributed by atoms with Crippen LogP contribution in [0.5, 0.6) is 0 Å². The van der Waals surface area contributed by atoms with Crippen molar-refractivity contribution in [1.29, 1.82) is 0 Å². The predicted molar refractivity (Wildman–Crippen MR) is 59.9 cm³/mol. The summed E-state index contributed by atoms with van der Waals surface area (Å²) in [5.41, 5.74) is 0. The van der Waals surface area contributed by atoms with E-state index >= 15 is 0 Å². The quantitative estimate of drug-likeness (QED) is 0.484. The number of hydrogen-bond donors (Lipinski definition) is 3. The fourth-order valence-corrected chi connectivity index (χ4v) is 1.41. The highest BCUT2D eigenvalue weighted by Gasteiger charge is 2.13. The molecule has 0 fully saturated rings. The first-order valence-corrected chi connectivity index (χ1v) is 5.79. The molecule has 0 unspecified atom stereocenters. The van der Waals surface area contributed by atoms with Crippen molar-refractivity contribution in [2.45, 2.75) is 51.5 Å². The lowest BCUT2D eigenvalue weighted by molar-refractivity contribution is -0.140. The van der Waals surface area contributed by atoms with Gasteiger partial charge in [0.15, 0.2) is 0 Å². The number of carbonyl (C=O) groups is 1. The van der Waals surface area contributed by atoms with Crippen LogP contribution in [-0.4, -0.2) is 35.4 Å². The molecule has 3 N–H and O–H groups in total. The molecule has 0 spiro atoms. The molecule has 0 radical (unpaired) electrons. The second kappa shape index (κ2) is 9.93. The van der Waals surface area contributed by atoms with Crippen LogP contribution >= 0.6 is 0 Å². The van der Waals surface area contributed by atoms with Crippen LogP contribution in [0.15, 0.2) is 0 Å². The molecule has 0 aromatic carbocycles. The van der Waals surface area contributed by atoms with Gasteiger partial charge in [-0.05, 0) is 13.0 Å². The van der Waals surface area contributed by atoms with Gasteiger partial charge in [-0.2, -0.15) is 0 Å². The Labute approximate surface area is 91.7 Å². The summed E-state index contributed by atoms with van der Waals surface area (Å²) >= 11 is 0. The summed E-state index contributed by atoms with van der Waals surface area (Å²) in [6, 6.07) is -0.805. The zero-order valence-electron chi connectivity index (χ0n) is 9.54. The number of rotatable bonds is 10. The third kappa shape index (κ3) is 8.39. The Balaban J connectivity index is 3.25. The van der Waals surface area contributed by atoms with E-state index in [1.165, 1.54) is 25.7 Å². The van der Waals surface area contributed by atoms with E-state index in [1.807, 2.05) is 0 Å². The first-order valence-electron chi connectivity index (χ1n) is 5.79. The highest BCUT2D eigenvalue weighted by Crippen LogP contribution is 2.04. The van der Waals surface area contributed by atoms with E-state index in [-0.39, 0.29) is 6.61 Å². The van der Waals surface area contributed by atoms with Gasteiger partial charge < -0.3 is 15.5 Å². The molecule has 0 bridgehead atoms. The van der Waals surface area contributed by atoms with E-state index < -0.39 is 12.0 Å². The molecule has 0 heterocycles. The largest absolute Gasteiger partial charge is 0.480 e. The van der Waals surface area contributed by atoms with Crippen molar-refractivity contribution in [3.8, 4) is 0 Å². The van der Waals surface area contributed by atoms with Crippen LogP contribution < -0.4 is 5.32 Å². The number of aliphatic carboxylic acids is 1. The molecule has 0 aliphatic heterocycles. The van der Waals surface area contributed by atoms with E-state index in [0.717, 1.165) is 12.8 Å². The summed E-state index contributed by atoms with van der Waals surface area (Å²) in [5, 5.41) is 20.2. The van der Waals surface area contributed by atoms with Crippen LogP contribution in [0, 0.1) is 0 Å². The average molecular weight is 217 g/mol. The molecule has 1 atom stereocenters. The summed E-state index contributed by atoms with van der Waals surface area (Å²) in [7, 11) is 0. The maximum atomic E-state index is 10.5. The number of carboxylic acid groups (broad SMARTS) is 1. The van der Waals surface area contributed by atoms with Crippen molar-refractivity contribution in [2.75, 3.05) is 13.2 Å². The molecular weight excluding hydrogens is 194 g/mol. The van der Waals surface area contributed by atoms with E-state index in [2.05, 4.69) is 12.2 Å². The van der Waals surface area contributed by atoms with E-state index in [0.29, 0.717) is 6.54 Å². The number of carboxylic acids is 1. The van der Waals surface area contributed by atoms with Crippen molar-refractivity contribution in [3.05, 3.63) is 0 Å². The molecule has 0 aromatic rings. The summed E-state index contributed by atoms with van der Waals surface area (Å²) in [4.78, 5) is 10.5. The minimum Gasteiger partial charge on any atom is -0.480 e. The number of hydrogen-bond acceptors (Lipinski definition) is 3. The van der Waals surface area contributed by atoms with Gasteiger partial charge in [0.05, 0.1) is 6.61 Å². The molecule has 0 rings (SSSR count). The van der Waals surface area contributed by atoms with Crippen molar-refractivity contribution < 1.29 is 15.0 Å². The smallest absolute Gasteiger partial charge is 0.323 e. The molecule has 0 aromatic heterocycles. The zero-order chi connectivity index (χ0) is 11.5. The number of aliphatic hydroxyl groups is 1. The molecular formula is C11H23NO3. The van der Waals surface area contributed by atoms with Gasteiger partial charge in [0.1, 0.15) is 6.04 Å². The van der Waals surface area contributed by atoms with Crippen molar-refractivity contribution in [3.63, 3.8) is 0 Å². The number of nitrogens with one attached hydrogen (secondary N) is 1. The normalized spacial score (nSPS) is 12.7. The van der Waals surface area contributed by atoms with E-state index in [9.17, 15) is 4.79 Å². The predicted octanol–water partition coefficient (Wildman–Crippen LogP) is 1.38. The van der Waals surface area contributed by atoms with Gasteiger partial charge in [-0.25, -0.2) is 0 Å². The van der Waals surface area contributed by atoms with E-state index in [4.69, 9.17) is 10.2 Å². The fourth-order valence-electron chi connectivity index (χ4n) is 1.41. The van der Waals surface area contributed by atoms with Crippen LogP contribution in [0.3, 0.4) is 0 Å². The topological polar surface area (TPSA) is 69.6 Å². The second-order valence-corrected chi connectivity index (χ2v) is 3.80. The minimum absolute atomic E-state index is 0.342. The molecule has 0 aliphatic rings. The molecule has 4 heteroatoms. The molecule has 90 valence electrons. The van der Waals surface area contributed by atoms with Gasteiger partial charge in [0.2, 0.25) is 0 Å². The third-order valence-corrected chi connectivity index (χ3v) is 2.40. The first-order chi connectivity index (χ1) is 7.22. The summed E-state index contributed by atoms with van der Waals surface area (Å²) in [6.07, 6.45) is 7.11. The number of aliphatic hydroxyl groups excluding tert-OH is 1. The van der Waals surface area contributed by atoms with Gasteiger partial charge in [-0.15, -0.1) is 0 Å². The standard InChI is InChI=1S/C11H23NO3/c1-2-3-4-5-6-7-8-12-10(9-13)11(14)15/h10,12-13H,2-9H2,1H3,(H,14,15)/t10-/m0/s1. The minimum atomic E-state index is -0.983. The van der Waals surface area contributed by atoms with Crippen LogP contribution in [-0.2, 0) is 4.79 Å². The second-order valence-electron chi connectivity index (χ2n) is 3.80. The molecule has 4 nitrogen and oxygen atoms in total. The van der Waals surface area contributed by atoms with Crippen LogP contribution in [0.2, 0.25) is 0 Å².